The highest BCUT2D eigenvalue weighted by Gasteiger charge is 2.44. The van der Waals surface area contributed by atoms with E-state index in [1.165, 1.54) is 11.1 Å². The molecule has 0 radical (unpaired) electrons. The molecular formula is C23H29N5O. The Kier molecular flexibility index (Phi) is 4.90. The van der Waals surface area contributed by atoms with E-state index in [4.69, 9.17) is 4.74 Å². The Labute approximate surface area is 172 Å². The summed E-state index contributed by atoms with van der Waals surface area (Å²) in [6.45, 7) is 10.3. The predicted octanol–water partition coefficient (Wildman–Crippen LogP) is 3.76. The van der Waals surface area contributed by atoms with Crippen LogP contribution in [0.25, 0.3) is 0 Å². The molecule has 1 aliphatic heterocycles. The monoisotopic (exact) mass is 391 g/mol. The van der Waals surface area contributed by atoms with Crippen LogP contribution in [0.1, 0.15) is 50.2 Å². The molecule has 0 spiro atoms. The molecule has 0 bridgehead atoms. The molecule has 2 heterocycles. The number of aromatic nitrogens is 4. The summed E-state index contributed by atoms with van der Waals surface area (Å²) < 4.78 is 7.72. The van der Waals surface area contributed by atoms with Crippen LogP contribution < -0.4 is 4.74 Å². The third-order valence-corrected chi connectivity index (χ3v) is 5.93. The number of benzene rings is 2. The van der Waals surface area contributed by atoms with Gasteiger partial charge in [0.25, 0.3) is 0 Å². The summed E-state index contributed by atoms with van der Waals surface area (Å²) in [5, 5.41) is 13.0. The smallest absolute Gasteiger partial charge is 0.176 e. The van der Waals surface area contributed by atoms with Gasteiger partial charge in [-0.25, -0.2) is 4.68 Å². The van der Waals surface area contributed by atoms with Gasteiger partial charge in [-0.1, -0.05) is 42.5 Å². The molecule has 6 heteroatoms. The standard InChI is InChI=1S/C23H29N5O/c1-22(2,3)28-21(24-25-26-28)23(4,19-12-8-9-13-20(19)29-5)27-15-14-17-10-6-7-11-18(17)16-27/h6-13H,14-16H2,1-5H3. The summed E-state index contributed by atoms with van der Waals surface area (Å²) in [5.74, 6) is 1.67. The van der Waals surface area contributed by atoms with E-state index in [9.17, 15) is 0 Å². The number of rotatable bonds is 4. The molecule has 0 saturated heterocycles. The van der Waals surface area contributed by atoms with Crippen LogP contribution in [0.15, 0.2) is 48.5 Å². The van der Waals surface area contributed by atoms with Gasteiger partial charge in [0.2, 0.25) is 0 Å². The number of tetrazole rings is 1. The lowest BCUT2D eigenvalue weighted by Crippen LogP contribution is -2.50. The number of ether oxygens (including phenoxy) is 1. The average molecular weight is 392 g/mol. The second-order valence-corrected chi connectivity index (χ2v) is 8.80. The van der Waals surface area contributed by atoms with E-state index in [-0.39, 0.29) is 5.54 Å². The van der Waals surface area contributed by atoms with Crippen LogP contribution in [0, 0.1) is 0 Å². The predicted molar refractivity (Wildman–Crippen MR) is 113 cm³/mol. The van der Waals surface area contributed by atoms with Crippen LogP contribution in [0.2, 0.25) is 0 Å². The highest BCUT2D eigenvalue weighted by Crippen LogP contribution is 2.42. The zero-order valence-corrected chi connectivity index (χ0v) is 17.9. The van der Waals surface area contributed by atoms with Crippen molar-refractivity contribution in [1.82, 2.24) is 25.1 Å². The highest BCUT2D eigenvalue weighted by atomic mass is 16.5. The summed E-state index contributed by atoms with van der Waals surface area (Å²) in [7, 11) is 1.72. The lowest BCUT2D eigenvalue weighted by molar-refractivity contribution is 0.100. The Balaban J connectivity index is 1.91. The Morgan fingerprint density at radius 1 is 0.931 bits per heavy atom. The van der Waals surface area contributed by atoms with Crippen molar-refractivity contribution < 1.29 is 4.74 Å². The molecule has 4 rings (SSSR count). The van der Waals surface area contributed by atoms with Crippen molar-refractivity contribution in [2.45, 2.75) is 51.7 Å². The van der Waals surface area contributed by atoms with Gasteiger partial charge in [0.05, 0.1) is 12.6 Å². The zero-order chi connectivity index (χ0) is 20.6. The Morgan fingerprint density at radius 2 is 1.62 bits per heavy atom. The third-order valence-electron chi connectivity index (χ3n) is 5.93. The minimum absolute atomic E-state index is 0.240. The second-order valence-electron chi connectivity index (χ2n) is 8.80. The van der Waals surface area contributed by atoms with Crippen LogP contribution in [0.4, 0.5) is 0 Å². The fourth-order valence-electron chi connectivity index (χ4n) is 4.30. The van der Waals surface area contributed by atoms with E-state index in [0.717, 1.165) is 36.6 Å². The molecule has 152 valence electrons. The maximum absolute atomic E-state index is 5.77. The molecule has 0 aliphatic carbocycles. The first-order valence-electron chi connectivity index (χ1n) is 10.1. The highest BCUT2D eigenvalue weighted by molar-refractivity contribution is 5.44. The van der Waals surface area contributed by atoms with Crippen molar-refractivity contribution in [3.05, 3.63) is 71.0 Å². The number of hydrogen-bond acceptors (Lipinski definition) is 5. The van der Waals surface area contributed by atoms with Crippen LogP contribution in [0.3, 0.4) is 0 Å². The number of methoxy groups -OCH3 is 1. The topological polar surface area (TPSA) is 56.1 Å². The van der Waals surface area contributed by atoms with Gasteiger partial charge in [0.1, 0.15) is 11.3 Å². The van der Waals surface area contributed by atoms with E-state index in [0.29, 0.717) is 0 Å². The molecule has 1 aromatic heterocycles. The van der Waals surface area contributed by atoms with E-state index < -0.39 is 5.54 Å². The maximum Gasteiger partial charge on any atom is 0.176 e. The maximum atomic E-state index is 5.77. The number of para-hydroxylation sites is 1. The van der Waals surface area contributed by atoms with Crippen molar-refractivity contribution >= 4 is 0 Å². The van der Waals surface area contributed by atoms with Gasteiger partial charge >= 0.3 is 0 Å². The second kappa shape index (κ2) is 7.26. The fraction of sp³-hybridized carbons (Fsp3) is 0.435. The molecule has 3 aromatic rings. The molecule has 0 N–H and O–H groups in total. The number of fused-ring (bicyclic) bond motifs is 1. The lowest BCUT2D eigenvalue weighted by Gasteiger charge is -2.44. The number of hydrogen-bond donors (Lipinski definition) is 0. The molecule has 29 heavy (non-hydrogen) atoms. The Hall–Kier alpha value is -2.73. The first-order chi connectivity index (χ1) is 13.9. The fourth-order valence-corrected chi connectivity index (χ4v) is 4.30. The van der Waals surface area contributed by atoms with Gasteiger partial charge in [-0.15, -0.1) is 5.10 Å². The molecule has 0 saturated carbocycles. The summed E-state index contributed by atoms with van der Waals surface area (Å²) in [6, 6.07) is 16.9. The first kappa shape index (κ1) is 19.6. The van der Waals surface area contributed by atoms with Gasteiger partial charge in [0.15, 0.2) is 5.82 Å². The van der Waals surface area contributed by atoms with Crippen LogP contribution >= 0.6 is 0 Å². The quantitative estimate of drug-likeness (QED) is 0.678. The van der Waals surface area contributed by atoms with Gasteiger partial charge in [-0.05, 0) is 61.7 Å². The van der Waals surface area contributed by atoms with E-state index in [1.807, 2.05) is 16.8 Å². The first-order valence-corrected chi connectivity index (χ1v) is 10.1. The molecular weight excluding hydrogens is 362 g/mol. The normalized spacial score (nSPS) is 16.9. The Morgan fingerprint density at radius 3 is 2.34 bits per heavy atom. The SMILES string of the molecule is COc1ccccc1C(C)(c1nnnn1C(C)(C)C)N1CCc2ccccc2C1. The third kappa shape index (κ3) is 3.31. The minimum atomic E-state index is -0.545. The molecule has 2 aromatic carbocycles. The van der Waals surface area contributed by atoms with Crippen molar-refractivity contribution in [3.8, 4) is 5.75 Å². The average Bonchev–Trinajstić information content (AvgIpc) is 3.24. The van der Waals surface area contributed by atoms with Crippen LogP contribution in [-0.2, 0) is 24.0 Å². The zero-order valence-electron chi connectivity index (χ0n) is 17.9. The lowest BCUT2D eigenvalue weighted by atomic mass is 9.84. The van der Waals surface area contributed by atoms with Crippen molar-refractivity contribution in [1.29, 1.82) is 0 Å². The number of nitrogens with zero attached hydrogens (tertiary/aromatic N) is 5. The summed E-state index contributed by atoms with van der Waals surface area (Å²) in [6.07, 6.45) is 0.998. The molecule has 1 unspecified atom stereocenters. The van der Waals surface area contributed by atoms with Crippen molar-refractivity contribution in [2.75, 3.05) is 13.7 Å². The van der Waals surface area contributed by atoms with Gasteiger partial charge in [-0.2, -0.15) is 0 Å². The van der Waals surface area contributed by atoms with Crippen LogP contribution in [0.5, 0.6) is 5.75 Å². The van der Waals surface area contributed by atoms with Crippen molar-refractivity contribution in [3.63, 3.8) is 0 Å². The summed E-state index contributed by atoms with van der Waals surface area (Å²) in [4.78, 5) is 2.47. The molecule has 0 fully saturated rings. The largest absolute Gasteiger partial charge is 0.496 e. The molecule has 1 aliphatic rings. The van der Waals surface area contributed by atoms with E-state index >= 15 is 0 Å². The summed E-state index contributed by atoms with van der Waals surface area (Å²) in [5.41, 5.74) is 3.06. The van der Waals surface area contributed by atoms with Crippen molar-refractivity contribution in [2.24, 2.45) is 0 Å². The van der Waals surface area contributed by atoms with E-state index in [2.05, 4.69) is 84.5 Å². The minimum Gasteiger partial charge on any atom is -0.496 e. The molecule has 1 atom stereocenters. The summed E-state index contributed by atoms with van der Waals surface area (Å²) >= 11 is 0. The van der Waals surface area contributed by atoms with E-state index in [1.54, 1.807) is 7.11 Å². The molecule has 6 nitrogen and oxygen atoms in total. The van der Waals surface area contributed by atoms with Gasteiger partial charge in [0, 0.05) is 18.7 Å². The Bertz CT molecular complexity index is 1010. The van der Waals surface area contributed by atoms with Gasteiger partial charge < -0.3 is 4.74 Å². The van der Waals surface area contributed by atoms with Crippen LogP contribution in [-0.4, -0.2) is 38.8 Å². The molecule has 0 amide bonds. The van der Waals surface area contributed by atoms with Gasteiger partial charge in [-0.3, -0.25) is 4.90 Å².